The third-order valence-corrected chi connectivity index (χ3v) is 6.58. The van der Waals surface area contributed by atoms with Crippen LogP contribution in [0.25, 0.3) is 0 Å². The lowest BCUT2D eigenvalue weighted by Crippen LogP contribution is -2.31. The van der Waals surface area contributed by atoms with Crippen LogP contribution in [-0.4, -0.2) is 44.0 Å². The highest BCUT2D eigenvalue weighted by molar-refractivity contribution is 7.90. The van der Waals surface area contributed by atoms with Crippen LogP contribution in [0.3, 0.4) is 0 Å². The van der Waals surface area contributed by atoms with E-state index in [0.29, 0.717) is 13.0 Å². The van der Waals surface area contributed by atoms with E-state index in [2.05, 4.69) is 10.3 Å². The highest BCUT2D eigenvalue weighted by Gasteiger charge is 2.23. The number of ether oxygens (including phenoxy) is 2. The molecule has 12 heteroatoms. The maximum atomic E-state index is 12.7. The van der Waals surface area contributed by atoms with Gasteiger partial charge >= 0.3 is 6.16 Å². The molecule has 0 saturated heterocycles. The van der Waals surface area contributed by atoms with Gasteiger partial charge in [-0.15, -0.1) is 0 Å². The fraction of sp³-hybridized carbons (Fsp3) is 0.200. The molecular weight excluding hydrogens is 522 g/mol. The van der Waals surface area contributed by atoms with E-state index in [4.69, 9.17) is 21.1 Å². The number of amides is 2. The second-order valence-electron chi connectivity index (χ2n) is 7.98. The van der Waals surface area contributed by atoms with Crippen LogP contribution < -0.4 is 14.8 Å². The molecule has 0 aliphatic rings. The average molecular weight is 546 g/mol. The van der Waals surface area contributed by atoms with E-state index in [9.17, 15) is 22.8 Å². The van der Waals surface area contributed by atoms with E-state index in [1.54, 1.807) is 13.8 Å². The van der Waals surface area contributed by atoms with Gasteiger partial charge in [-0.05, 0) is 50.1 Å². The second-order valence-corrected chi connectivity index (χ2v) is 10.0. The summed E-state index contributed by atoms with van der Waals surface area (Å²) >= 11 is 6.14. The number of halogens is 1. The molecule has 0 spiro atoms. The van der Waals surface area contributed by atoms with Crippen molar-refractivity contribution in [3.05, 3.63) is 88.6 Å². The quantitative estimate of drug-likeness (QED) is 0.387. The predicted octanol–water partition coefficient (Wildman–Crippen LogP) is 3.75. The standard InChI is InChI=1S/C25H24ClN3O7S/c1-16(2)35-25(32)36-22-11-9-19(15-28-22)24(31)29-37(33,34)21-10-8-18(14-20(21)26)23(30)27-13-12-17-6-4-3-5-7-17/h3-11,14-16H,12-13H2,1-2H3,(H,27,30)(H,29,31). The van der Waals surface area contributed by atoms with Gasteiger partial charge in [0.2, 0.25) is 5.88 Å². The zero-order valence-electron chi connectivity index (χ0n) is 19.9. The Morgan fingerprint density at radius 2 is 1.68 bits per heavy atom. The second kappa shape index (κ2) is 12.3. The fourth-order valence-corrected chi connectivity index (χ4v) is 4.56. The molecule has 0 radical (unpaired) electrons. The molecule has 0 bridgehead atoms. The predicted molar refractivity (Wildman–Crippen MR) is 135 cm³/mol. The maximum Gasteiger partial charge on any atom is 0.515 e. The van der Waals surface area contributed by atoms with Gasteiger partial charge in [-0.3, -0.25) is 9.59 Å². The van der Waals surface area contributed by atoms with Crippen LogP contribution in [0, 0.1) is 0 Å². The molecule has 3 aromatic rings. The number of carbonyl (C=O) groups is 3. The van der Waals surface area contributed by atoms with Crippen LogP contribution in [0.1, 0.15) is 40.1 Å². The topological polar surface area (TPSA) is 141 Å². The monoisotopic (exact) mass is 545 g/mol. The molecule has 0 saturated carbocycles. The minimum atomic E-state index is -4.37. The number of aromatic nitrogens is 1. The Morgan fingerprint density at radius 3 is 2.30 bits per heavy atom. The maximum absolute atomic E-state index is 12.7. The molecule has 1 aromatic heterocycles. The van der Waals surface area contributed by atoms with E-state index in [1.165, 1.54) is 24.3 Å². The molecule has 2 aromatic carbocycles. The van der Waals surface area contributed by atoms with Gasteiger partial charge in [0.1, 0.15) is 4.90 Å². The minimum absolute atomic E-state index is 0.112. The van der Waals surface area contributed by atoms with Crippen molar-refractivity contribution in [2.24, 2.45) is 0 Å². The first-order valence-electron chi connectivity index (χ1n) is 11.1. The van der Waals surface area contributed by atoms with Gasteiger partial charge in [0.15, 0.2) is 0 Å². The summed E-state index contributed by atoms with van der Waals surface area (Å²) in [4.78, 5) is 39.8. The Hall–Kier alpha value is -3.96. The normalized spacial score (nSPS) is 11.0. The van der Waals surface area contributed by atoms with Crippen LogP contribution in [0.5, 0.6) is 5.88 Å². The summed E-state index contributed by atoms with van der Waals surface area (Å²) in [7, 11) is -4.37. The number of rotatable bonds is 9. The van der Waals surface area contributed by atoms with Crippen molar-refractivity contribution in [3.8, 4) is 5.88 Å². The van der Waals surface area contributed by atoms with Crippen LogP contribution in [0.2, 0.25) is 5.02 Å². The van der Waals surface area contributed by atoms with Crippen molar-refractivity contribution in [1.29, 1.82) is 0 Å². The van der Waals surface area contributed by atoms with Crippen molar-refractivity contribution < 1.29 is 32.3 Å². The smallest absolute Gasteiger partial charge is 0.431 e. The van der Waals surface area contributed by atoms with Crippen molar-refractivity contribution in [2.45, 2.75) is 31.3 Å². The van der Waals surface area contributed by atoms with Crippen molar-refractivity contribution in [3.63, 3.8) is 0 Å². The molecule has 0 atom stereocenters. The number of hydrogen-bond donors (Lipinski definition) is 2. The van der Waals surface area contributed by atoms with Gasteiger partial charge in [-0.2, -0.15) is 0 Å². The van der Waals surface area contributed by atoms with E-state index in [0.717, 1.165) is 17.8 Å². The lowest BCUT2D eigenvalue weighted by atomic mass is 10.1. The van der Waals surface area contributed by atoms with Crippen LogP contribution in [0.15, 0.2) is 71.8 Å². The summed E-state index contributed by atoms with van der Waals surface area (Å²) < 4.78 is 37.0. The molecule has 2 amide bonds. The number of carbonyl (C=O) groups excluding carboxylic acids is 3. The van der Waals surface area contributed by atoms with E-state index < -0.39 is 34.1 Å². The number of hydrogen-bond acceptors (Lipinski definition) is 8. The summed E-state index contributed by atoms with van der Waals surface area (Å²) in [6, 6.07) is 15.7. The van der Waals surface area contributed by atoms with Crippen molar-refractivity contribution in [2.75, 3.05) is 6.54 Å². The van der Waals surface area contributed by atoms with Gasteiger partial charge in [0.25, 0.3) is 21.8 Å². The Morgan fingerprint density at radius 1 is 0.973 bits per heavy atom. The highest BCUT2D eigenvalue weighted by atomic mass is 35.5. The first-order chi connectivity index (χ1) is 17.5. The molecular formula is C25H24ClN3O7S. The SMILES string of the molecule is CC(C)OC(=O)Oc1ccc(C(=O)NS(=O)(=O)c2ccc(C(=O)NCCc3ccccc3)cc2Cl)cn1. The summed E-state index contributed by atoms with van der Waals surface area (Å²) in [6.07, 6.45) is 0.304. The molecule has 1 heterocycles. The van der Waals surface area contributed by atoms with Crippen LogP contribution in [0.4, 0.5) is 4.79 Å². The van der Waals surface area contributed by atoms with Gasteiger partial charge in [-0.25, -0.2) is 22.9 Å². The molecule has 0 fully saturated rings. The van der Waals surface area contributed by atoms with E-state index >= 15 is 0 Å². The first-order valence-corrected chi connectivity index (χ1v) is 12.9. The first kappa shape index (κ1) is 27.6. The zero-order valence-corrected chi connectivity index (χ0v) is 21.5. The molecule has 194 valence electrons. The number of nitrogens with zero attached hydrogens (tertiary/aromatic N) is 1. The Kier molecular flexibility index (Phi) is 9.20. The molecule has 0 aliphatic heterocycles. The van der Waals surface area contributed by atoms with Gasteiger partial charge < -0.3 is 14.8 Å². The van der Waals surface area contributed by atoms with Gasteiger partial charge in [0, 0.05) is 24.4 Å². The number of benzene rings is 2. The van der Waals surface area contributed by atoms with Gasteiger partial charge in [0.05, 0.1) is 16.7 Å². The zero-order chi connectivity index (χ0) is 27.0. The lowest BCUT2D eigenvalue weighted by molar-refractivity contribution is 0.0715. The largest absolute Gasteiger partial charge is 0.515 e. The molecule has 37 heavy (non-hydrogen) atoms. The summed E-state index contributed by atoms with van der Waals surface area (Å²) in [6.45, 7) is 3.67. The summed E-state index contributed by atoms with van der Waals surface area (Å²) in [5.41, 5.74) is 1.11. The highest BCUT2D eigenvalue weighted by Crippen LogP contribution is 2.23. The third kappa shape index (κ3) is 8.02. The number of sulfonamides is 1. The molecule has 0 aliphatic carbocycles. The third-order valence-electron chi connectivity index (χ3n) is 4.77. The fourth-order valence-electron chi connectivity index (χ4n) is 3.04. The summed E-state index contributed by atoms with van der Waals surface area (Å²) in [5.74, 6) is -1.54. The Labute approximate surface area is 219 Å². The van der Waals surface area contributed by atoms with E-state index in [1.807, 2.05) is 35.1 Å². The lowest BCUT2D eigenvalue weighted by Gasteiger charge is -2.11. The molecule has 10 nitrogen and oxygen atoms in total. The summed E-state index contributed by atoms with van der Waals surface area (Å²) in [5, 5.41) is 2.51. The van der Waals surface area contributed by atoms with Crippen LogP contribution >= 0.6 is 11.6 Å². The van der Waals surface area contributed by atoms with E-state index in [-0.39, 0.29) is 26.9 Å². The number of nitrogens with one attached hydrogen (secondary N) is 2. The number of pyridine rings is 1. The van der Waals surface area contributed by atoms with Crippen LogP contribution in [-0.2, 0) is 21.2 Å². The van der Waals surface area contributed by atoms with Crippen molar-refractivity contribution in [1.82, 2.24) is 15.0 Å². The van der Waals surface area contributed by atoms with Gasteiger partial charge in [-0.1, -0.05) is 41.9 Å². The molecule has 2 N–H and O–H groups in total. The molecule has 0 unspecified atom stereocenters. The Balaban J connectivity index is 1.61. The average Bonchev–Trinajstić information content (AvgIpc) is 2.84. The van der Waals surface area contributed by atoms with Crippen molar-refractivity contribution >= 4 is 39.6 Å². The molecule has 3 rings (SSSR count). The minimum Gasteiger partial charge on any atom is -0.431 e. The Bertz CT molecular complexity index is 1380.